The molecule has 3 rings (SSSR count). The first-order valence-electron chi connectivity index (χ1n) is 13.2. The monoisotopic (exact) mass is 509 g/mol. The molecule has 1 aliphatic carbocycles. The van der Waals surface area contributed by atoms with Crippen LogP contribution in [0.5, 0.6) is 0 Å². The van der Waals surface area contributed by atoms with E-state index in [0.29, 0.717) is 30.4 Å². The van der Waals surface area contributed by atoms with Crippen molar-refractivity contribution < 1.29 is 19.1 Å². The van der Waals surface area contributed by atoms with E-state index in [-0.39, 0.29) is 22.9 Å². The fourth-order valence-electron chi connectivity index (χ4n) is 4.96. The number of Topliss-reactive ketones (excluding diaryl/α,β-unsaturated/α-hetero) is 1. The summed E-state index contributed by atoms with van der Waals surface area (Å²) in [7, 11) is 1.81. The Labute approximate surface area is 214 Å². The Bertz CT molecular complexity index is 791. The summed E-state index contributed by atoms with van der Waals surface area (Å²) in [5, 5.41) is 12.5. The maximum absolute atomic E-state index is 13.6. The lowest BCUT2D eigenvalue weighted by molar-refractivity contribution is -0.144. The van der Waals surface area contributed by atoms with Gasteiger partial charge in [-0.1, -0.05) is 45.9 Å². The number of rotatable bonds is 8. The molecule has 1 saturated carbocycles. The molecule has 0 bridgehead atoms. The molecule has 0 radical (unpaired) electrons. The third-order valence-electron chi connectivity index (χ3n) is 7.09. The van der Waals surface area contributed by atoms with E-state index in [2.05, 4.69) is 29.6 Å². The highest BCUT2D eigenvalue weighted by Gasteiger charge is 2.45. The molecule has 0 aromatic heterocycles. The number of amides is 3. The molecule has 3 aliphatic rings. The number of thioether (sulfide) groups is 1. The quantitative estimate of drug-likeness (QED) is 0.481. The maximum atomic E-state index is 13.6. The highest BCUT2D eigenvalue weighted by Crippen LogP contribution is 2.34. The van der Waals surface area contributed by atoms with Gasteiger partial charge in [-0.3, -0.25) is 9.59 Å². The topological polar surface area (TPSA) is 103 Å². The van der Waals surface area contributed by atoms with E-state index in [4.69, 9.17) is 4.74 Å². The van der Waals surface area contributed by atoms with Crippen LogP contribution in [-0.4, -0.2) is 70.1 Å². The molecule has 2 heterocycles. The van der Waals surface area contributed by atoms with Gasteiger partial charge >= 0.3 is 6.03 Å². The first-order valence-corrected chi connectivity index (χ1v) is 14.1. The van der Waals surface area contributed by atoms with Crippen LogP contribution in [0.15, 0.2) is 5.10 Å². The number of urea groups is 1. The number of ketones is 1. The first kappa shape index (κ1) is 27.8. The van der Waals surface area contributed by atoms with Crippen LogP contribution in [0.1, 0.15) is 85.5 Å². The van der Waals surface area contributed by atoms with Crippen LogP contribution in [0.25, 0.3) is 0 Å². The molecular weight excluding hydrogens is 466 g/mol. The van der Waals surface area contributed by atoms with E-state index in [1.807, 2.05) is 20.9 Å². The van der Waals surface area contributed by atoms with Crippen LogP contribution < -0.4 is 10.6 Å². The Morgan fingerprint density at radius 3 is 2.43 bits per heavy atom. The zero-order valence-corrected chi connectivity index (χ0v) is 22.8. The van der Waals surface area contributed by atoms with E-state index in [0.717, 1.165) is 56.6 Å². The standard InChI is InChI=1S/C25H43N5O4S/c1-17(2)9-10-20(31)22-30(28-24(34-22)35-18(3)4)23(33)27-25(13-7-6-8-14-25)29(5)21(32)19-11-15-26-16-12-19/h17-19,22,26H,6-16H2,1-5H3,(H,27,33). The van der Waals surface area contributed by atoms with Gasteiger partial charge in [0.05, 0.1) is 0 Å². The fourth-order valence-corrected chi connectivity index (χ4v) is 5.65. The lowest BCUT2D eigenvalue weighted by Gasteiger charge is -2.46. The van der Waals surface area contributed by atoms with Crippen molar-refractivity contribution in [3.8, 4) is 0 Å². The van der Waals surface area contributed by atoms with Gasteiger partial charge in [-0.05, 0) is 64.0 Å². The molecule has 2 aliphatic heterocycles. The van der Waals surface area contributed by atoms with Gasteiger partial charge in [0.1, 0.15) is 5.66 Å². The number of carbonyl (C=O) groups excluding carboxylic acids is 3. The van der Waals surface area contributed by atoms with Crippen molar-refractivity contribution in [2.24, 2.45) is 16.9 Å². The van der Waals surface area contributed by atoms with Gasteiger partial charge in [-0.15, -0.1) is 5.10 Å². The molecule has 0 aromatic rings. The molecular formula is C25H43N5O4S. The van der Waals surface area contributed by atoms with Crippen LogP contribution in [0.4, 0.5) is 4.79 Å². The maximum Gasteiger partial charge on any atom is 0.343 e. The van der Waals surface area contributed by atoms with Crippen LogP contribution in [0, 0.1) is 11.8 Å². The van der Waals surface area contributed by atoms with E-state index >= 15 is 0 Å². The SMILES string of the molecule is CC(C)CCC(=O)C1OC(SC(C)C)=NN1C(=O)NC1(N(C)C(=O)C2CCNCC2)CCCCC1. The molecule has 2 N–H and O–H groups in total. The number of hydrogen-bond acceptors (Lipinski definition) is 7. The lowest BCUT2D eigenvalue weighted by Crippen LogP contribution is -2.65. The number of nitrogens with one attached hydrogen (secondary N) is 2. The predicted molar refractivity (Wildman–Crippen MR) is 139 cm³/mol. The number of carbonyl (C=O) groups is 3. The third kappa shape index (κ3) is 7.12. The van der Waals surface area contributed by atoms with Gasteiger partial charge in [0.25, 0.3) is 11.5 Å². The van der Waals surface area contributed by atoms with Gasteiger partial charge in [-0.2, -0.15) is 5.01 Å². The van der Waals surface area contributed by atoms with Crippen molar-refractivity contribution in [2.45, 2.75) is 103 Å². The summed E-state index contributed by atoms with van der Waals surface area (Å²) in [6.45, 7) is 9.80. The Morgan fingerprint density at radius 1 is 1.17 bits per heavy atom. The average molecular weight is 510 g/mol. The summed E-state index contributed by atoms with van der Waals surface area (Å²) < 4.78 is 5.87. The smallest absolute Gasteiger partial charge is 0.343 e. The van der Waals surface area contributed by atoms with Crippen molar-refractivity contribution in [3.05, 3.63) is 0 Å². The van der Waals surface area contributed by atoms with E-state index in [9.17, 15) is 14.4 Å². The van der Waals surface area contributed by atoms with Crippen LogP contribution in [-0.2, 0) is 14.3 Å². The number of hydrogen-bond donors (Lipinski definition) is 2. The second kappa shape index (κ2) is 12.4. The van der Waals surface area contributed by atoms with E-state index < -0.39 is 17.9 Å². The number of piperidine rings is 1. The highest BCUT2D eigenvalue weighted by molar-refractivity contribution is 8.14. The van der Waals surface area contributed by atoms with Gasteiger partial charge < -0.3 is 20.3 Å². The van der Waals surface area contributed by atoms with Crippen LogP contribution >= 0.6 is 11.8 Å². The fraction of sp³-hybridized carbons (Fsp3) is 0.840. The Balaban J connectivity index is 1.79. The summed E-state index contributed by atoms with van der Waals surface area (Å²) in [6.07, 6.45) is 5.88. The van der Waals surface area contributed by atoms with Crippen molar-refractivity contribution in [2.75, 3.05) is 20.1 Å². The summed E-state index contributed by atoms with van der Waals surface area (Å²) >= 11 is 1.39. The molecule has 1 atom stereocenters. The lowest BCUT2D eigenvalue weighted by atomic mass is 9.86. The van der Waals surface area contributed by atoms with Crippen molar-refractivity contribution in [3.63, 3.8) is 0 Å². The van der Waals surface area contributed by atoms with Crippen LogP contribution in [0.2, 0.25) is 0 Å². The summed E-state index contributed by atoms with van der Waals surface area (Å²) in [6, 6.07) is -0.487. The second-order valence-corrected chi connectivity index (χ2v) is 12.2. The number of ether oxygens (including phenoxy) is 1. The van der Waals surface area contributed by atoms with Gasteiger partial charge in [-0.25, -0.2) is 4.79 Å². The van der Waals surface area contributed by atoms with E-state index in [1.165, 1.54) is 11.8 Å². The summed E-state index contributed by atoms with van der Waals surface area (Å²) in [5.74, 6) is 0.252. The van der Waals surface area contributed by atoms with Crippen molar-refractivity contribution >= 4 is 34.7 Å². The minimum atomic E-state index is -1.07. The molecule has 10 heteroatoms. The molecule has 35 heavy (non-hydrogen) atoms. The van der Waals surface area contributed by atoms with Crippen molar-refractivity contribution in [1.82, 2.24) is 20.5 Å². The summed E-state index contributed by atoms with van der Waals surface area (Å²) in [4.78, 5) is 41.8. The molecule has 0 aromatic carbocycles. The molecule has 1 saturated heterocycles. The summed E-state index contributed by atoms with van der Waals surface area (Å²) in [5.41, 5.74) is -0.785. The Hall–Kier alpha value is -1.81. The second-order valence-electron chi connectivity index (χ2n) is 10.7. The molecule has 9 nitrogen and oxygen atoms in total. The van der Waals surface area contributed by atoms with Crippen molar-refractivity contribution in [1.29, 1.82) is 0 Å². The zero-order valence-electron chi connectivity index (χ0n) is 22.0. The molecule has 198 valence electrons. The van der Waals surface area contributed by atoms with Gasteiger partial charge in [0, 0.05) is 24.6 Å². The predicted octanol–water partition coefficient (Wildman–Crippen LogP) is 3.89. The molecule has 1 unspecified atom stereocenters. The largest absolute Gasteiger partial charge is 0.438 e. The highest BCUT2D eigenvalue weighted by atomic mass is 32.2. The number of hydrazone groups is 1. The van der Waals surface area contributed by atoms with E-state index in [1.54, 1.807) is 4.90 Å². The van der Waals surface area contributed by atoms with Crippen LogP contribution in [0.3, 0.4) is 0 Å². The minimum Gasteiger partial charge on any atom is -0.438 e. The van der Waals surface area contributed by atoms with Gasteiger partial charge in [0.2, 0.25) is 5.91 Å². The Kier molecular flexibility index (Phi) is 9.86. The average Bonchev–Trinajstić information content (AvgIpc) is 3.26. The molecule has 2 fully saturated rings. The first-order chi connectivity index (χ1) is 16.6. The Morgan fingerprint density at radius 2 is 1.83 bits per heavy atom. The molecule has 3 amide bonds. The van der Waals surface area contributed by atoms with Gasteiger partial charge in [0.15, 0.2) is 5.78 Å². The minimum absolute atomic E-state index is 0.0375. The zero-order chi connectivity index (χ0) is 25.6. The molecule has 0 spiro atoms. The normalized spacial score (nSPS) is 22.7. The number of nitrogens with zero attached hydrogens (tertiary/aromatic N) is 3. The third-order valence-corrected chi connectivity index (χ3v) is 7.94.